The van der Waals surface area contributed by atoms with E-state index in [1.165, 1.54) is 4.31 Å². The second kappa shape index (κ2) is 10.9. The molecule has 0 aromatic heterocycles. The van der Waals surface area contributed by atoms with Crippen LogP contribution < -0.4 is 5.32 Å². The number of rotatable bonds is 9. The molecule has 27 heavy (non-hydrogen) atoms. The summed E-state index contributed by atoms with van der Waals surface area (Å²) in [5.41, 5.74) is 0.805. The van der Waals surface area contributed by atoms with Crippen LogP contribution in [0, 0.1) is 0 Å². The minimum absolute atomic E-state index is 0.301. The number of hydrogen-bond donors (Lipinski definition) is 1. The van der Waals surface area contributed by atoms with Crippen LogP contribution in [0.3, 0.4) is 0 Å². The Labute approximate surface area is 168 Å². The molecule has 1 heterocycles. The maximum Gasteiger partial charge on any atom is 0.243 e. The first-order valence-corrected chi connectivity index (χ1v) is 11.6. The van der Waals surface area contributed by atoms with Crippen LogP contribution in [0.15, 0.2) is 29.2 Å². The molecule has 1 fully saturated rings. The molecule has 6 nitrogen and oxygen atoms in total. The highest BCUT2D eigenvalue weighted by atomic mass is 32.2. The normalized spacial score (nSPS) is 15.5. The molecule has 1 aliphatic heterocycles. The van der Waals surface area contributed by atoms with Crippen molar-refractivity contribution in [1.82, 2.24) is 9.21 Å². The monoisotopic (exact) mass is 413 g/mol. The van der Waals surface area contributed by atoms with Gasteiger partial charge in [-0.2, -0.15) is 4.31 Å². The van der Waals surface area contributed by atoms with E-state index in [-0.39, 0.29) is 0 Å². The molecule has 0 aliphatic carbocycles. The van der Waals surface area contributed by atoms with Crippen LogP contribution in [-0.2, 0) is 14.8 Å². The molecule has 1 N–H and O–H groups in total. The van der Waals surface area contributed by atoms with Gasteiger partial charge in [0.1, 0.15) is 0 Å². The SMILES string of the molecule is CCCCN(CCCC)C(=S)Nc1ccc(S(=O)(=O)N2CCOCC2)cc1. The molecule has 1 aromatic carbocycles. The van der Waals surface area contributed by atoms with Gasteiger partial charge >= 0.3 is 0 Å². The number of sulfonamides is 1. The highest BCUT2D eigenvalue weighted by Gasteiger charge is 2.26. The van der Waals surface area contributed by atoms with Gasteiger partial charge in [0.15, 0.2) is 5.11 Å². The molecule has 0 amide bonds. The molecule has 152 valence electrons. The van der Waals surface area contributed by atoms with Gasteiger partial charge in [-0.1, -0.05) is 26.7 Å². The van der Waals surface area contributed by atoms with Crippen molar-refractivity contribution in [2.45, 2.75) is 44.4 Å². The molecule has 0 radical (unpaired) electrons. The maximum atomic E-state index is 12.7. The van der Waals surface area contributed by atoms with E-state index in [0.29, 0.717) is 36.3 Å². The van der Waals surface area contributed by atoms with Crippen LogP contribution in [0.2, 0.25) is 0 Å². The van der Waals surface area contributed by atoms with Crippen LogP contribution >= 0.6 is 12.2 Å². The van der Waals surface area contributed by atoms with Crippen molar-refractivity contribution in [2.75, 3.05) is 44.7 Å². The number of benzene rings is 1. The standard InChI is InChI=1S/C19H31N3O3S2/c1-3-5-11-21(12-6-4-2)19(26)20-17-7-9-18(10-8-17)27(23,24)22-13-15-25-16-14-22/h7-10H,3-6,11-16H2,1-2H3,(H,20,26). The quantitative estimate of drug-likeness (QED) is 0.627. The lowest BCUT2D eigenvalue weighted by atomic mass is 10.2. The van der Waals surface area contributed by atoms with Crippen molar-refractivity contribution < 1.29 is 13.2 Å². The second-order valence-corrected chi connectivity index (χ2v) is 8.99. The average molecular weight is 414 g/mol. The Kier molecular flexibility index (Phi) is 8.95. The smallest absolute Gasteiger partial charge is 0.243 e. The van der Waals surface area contributed by atoms with E-state index in [0.717, 1.165) is 44.5 Å². The third-order valence-electron chi connectivity index (χ3n) is 4.56. The van der Waals surface area contributed by atoms with E-state index in [2.05, 4.69) is 24.1 Å². The largest absolute Gasteiger partial charge is 0.379 e. The van der Waals surface area contributed by atoms with Crippen molar-refractivity contribution in [1.29, 1.82) is 0 Å². The number of anilines is 1. The predicted octanol–water partition coefficient (Wildman–Crippen LogP) is 3.31. The van der Waals surface area contributed by atoms with Crippen molar-refractivity contribution in [2.24, 2.45) is 0 Å². The number of nitrogens with zero attached hydrogens (tertiary/aromatic N) is 2. The molecule has 0 spiro atoms. The predicted molar refractivity (Wildman–Crippen MR) is 114 cm³/mol. The summed E-state index contributed by atoms with van der Waals surface area (Å²) < 4.78 is 32.1. The third-order valence-corrected chi connectivity index (χ3v) is 6.84. The fourth-order valence-electron chi connectivity index (χ4n) is 2.86. The van der Waals surface area contributed by atoms with Crippen LogP contribution in [0.4, 0.5) is 5.69 Å². The molecule has 0 atom stereocenters. The first-order chi connectivity index (χ1) is 13.0. The molecule has 0 unspecified atom stereocenters. The van der Waals surface area contributed by atoms with Crippen LogP contribution in [0.25, 0.3) is 0 Å². The van der Waals surface area contributed by atoms with Gasteiger partial charge in [0.2, 0.25) is 10.0 Å². The molecule has 2 rings (SSSR count). The lowest BCUT2D eigenvalue weighted by Gasteiger charge is -2.27. The summed E-state index contributed by atoms with van der Waals surface area (Å²) in [6.07, 6.45) is 4.45. The van der Waals surface area contributed by atoms with E-state index in [1.807, 2.05) is 0 Å². The van der Waals surface area contributed by atoms with Crippen molar-refractivity contribution in [3.8, 4) is 0 Å². The Bertz CT molecular complexity index is 679. The van der Waals surface area contributed by atoms with Gasteiger partial charge in [-0.3, -0.25) is 0 Å². The van der Waals surface area contributed by atoms with E-state index < -0.39 is 10.0 Å². The zero-order valence-corrected chi connectivity index (χ0v) is 17.9. The molecule has 0 saturated carbocycles. The van der Waals surface area contributed by atoms with Crippen LogP contribution in [0.1, 0.15) is 39.5 Å². The fourth-order valence-corrected chi connectivity index (χ4v) is 4.57. The molecule has 1 aromatic rings. The van der Waals surface area contributed by atoms with Crippen LogP contribution in [-0.4, -0.2) is 62.1 Å². The summed E-state index contributed by atoms with van der Waals surface area (Å²) in [7, 11) is -3.47. The van der Waals surface area contributed by atoms with E-state index >= 15 is 0 Å². The fraction of sp³-hybridized carbons (Fsp3) is 0.632. The van der Waals surface area contributed by atoms with Gasteiger partial charge in [-0.15, -0.1) is 0 Å². The van der Waals surface area contributed by atoms with Gasteiger partial charge < -0.3 is 15.0 Å². The zero-order valence-electron chi connectivity index (χ0n) is 16.3. The molecule has 0 bridgehead atoms. The molecular weight excluding hydrogens is 382 g/mol. The van der Waals surface area contributed by atoms with E-state index in [9.17, 15) is 8.42 Å². The van der Waals surface area contributed by atoms with Gasteiger partial charge in [0, 0.05) is 31.9 Å². The number of thiocarbonyl (C=S) groups is 1. The van der Waals surface area contributed by atoms with Crippen molar-refractivity contribution >= 4 is 33.0 Å². The summed E-state index contributed by atoms with van der Waals surface area (Å²) in [5.74, 6) is 0. The summed E-state index contributed by atoms with van der Waals surface area (Å²) in [5, 5.41) is 3.94. The second-order valence-electron chi connectivity index (χ2n) is 6.67. The van der Waals surface area contributed by atoms with E-state index in [1.54, 1.807) is 24.3 Å². The van der Waals surface area contributed by atoms with Crippen molar-refractivity contribution in [3.05, 3.63) is 24.3 Å². The zero-order chi connectivity index (χ0) is 19.7. The minimum atomic E-state index is -3.47. The number of unbranched alkanes of at least 4 members (excludes halogenated alkanes) is 2. The molecule has 8 heteroatoms. The van der Waals surface area contributed by atoms with Gasteiger partial charge in [0.05, 0.1) is 18.1 Å². The summed E-state index contributed by atoms with van der Waals surface area (Å²) in [6, 6.07) is 6.82. The Morgan fingerprint density at radius 1 is 1.11 bits per heavy atom. The molecular formula is C19H31N3O3S2. The minimum Gasteiger partial charge on any atom is -0.379 e. The van der Waals surface area contributed by atoms with Gasteiger partial charge in [-0.25, -0.2) is 8.42 Å². The molecule has 1 saturated heterocycles. The Morgan fingerprint density at radius 3 is 2.19 bits per heavy atom. The van der Waals surface area contributed by atoms with E-state index in [4.69, 9.17) is 17.0 Å². The summed E-state index contributed by atoms with van der Waals surface area (Å²) in [6.45, 7) is 7.89. The number of morpholine rings is 1. The van der Waals surface area contributed by atoms with Gasteiger partial charge in [-0.05, 0) is 49.3 Å². The molecule has 1 aliphatic rings. The Balaban J connectivity index is 2.02. The lowest BCUT2D eigenvalue weighted by Crippen LogP contribution is -2.40. The number of ether oxygens (including phenoxy) is 1. The summed E-state index contributed by atoms with van der Waals surface area (Å²) >= 11 is 5.57. The number of hydrogen-bond acceptors (Lipinski definition) is 4. The van der Waals surface area contributed by atoms with Crippen molar-refractivity contribution in [3.63, 3.8) is 0 Å². The Hall–Kier alpha value is -1.22. The maximum absolute atomic E-state index is 12.7. The summed E-state index contributed by atoms with van der Waals surface area (Å²) in [4.78, 5) is 2.50. The number of nitrogens with one attached hydrogen (secondary N) is 1. The van der Waals surface area contributed by atoms with Gasteiger partial charge in [0.25, 0.3) is 0 Å². The Morgan fingerprint density at radius 2 is 1.67 bits per heavy atom. The average Bonchev–Trinajstić information content (AvgIpc) is 2.69. The lowest BCUT2D eigenvalue weighted by molar-refractivity contribution is 0.0730. The van der Waals surface area contributed by atoms with Crippen LogP contribution in [0.5, 0.6) is 0 Å². The first kappa shape index (κ1) is 22.1. The first-order valence-electron chi connectivity index (χ1n) is 9.73. The third kappa shape index (κ3) is 6.41. The topological polar surface area (TPSA) is 61.9 Å². The highest BCUT2D eigenvalue weighted by Crippen LogP contribution is 2.20. The highest BCUT2D eigenvalue weighted by molar-refractivity contribution is 7.89.